The Balaban J connectivity index is 1.56. The summed E-state index contributed by atoms with van der Waals surface area (Å²) in [5, 5.41) is 4.21. The predicted octanol–water partition coefficient (Wildman–Crippen LogP) is 5.89. The molecule has 0 atom stereocenters. The van der Waals surface area contributed by atoms with E-state index in [4.69, 9.17) is 23.2 Å². The quantitative estimate of drug-likeness (QED) is 0.426. The molecule has 3 aromatic rings. The highest BCUT2D eigenvalue weighted by atomic mass is 35.5. The van der Waals surface area contributed by atoms with E-state index in [0.717, 1.165) is 47.5 Å². The van der Waals surface area contributed by atoms with E-state index in [1.165, 1.54) is 12.8 Å². The molecule has 1 N–H and O–H groups in total. The van der Waals surface area contributed by atoms with Crippen LogP contribution in [0.2, 0.25) is 10.0 Å². The maximum absolute atomic E-state index is 13.3. The van der Waals surface area contributed by atoms with Crippen LogP contribution in [0.3, 0.4) is 0 Å². The lowest BCUT2D eigenvalue weighted by Crippen LogP contribution is -2.42. The highest BCUT2D eigenvalue weighted by Crippen LogP contribution is 2.34. The van der Waals surface area contributed by atoms with Crippen molar-refractivity contribution in [3.63, 3.8) is 0 Å². The Bertz CT molecular complexity index is 1210. The number of amides is 1. The molecule has 6 nitrogen and oxygen atoms in total. The topological polar surface area (TPSA) is 52.9 Å². The van der Waals surface area contributed by atoms with Gasteiger partial charge in [-0.3, -0.25) is 4.79 Å². The van der Waals surface area contributed by atoms with Gasteiger partial charge in [0.05, 0.1) is 5.02 Å². The molecule has 188 valence electrons. The monoisotopic (exact) mass is 515 g/mol. The minimum Gasteiger partial charge on any atom is -0.369 e. The minimum atomic E-state index is -0.167. The zero-order valence-electron chi connectivity index (χ0n) is 21.2. The number of rotatable bonds is 7. The molecule has 2 heterocycles. The van der Waals surface area contributed by atoms with Gasteiger partial charge in [-0.25, -0.2) is 4.98 Å². The molecule has 1 aliphatic carbocycles. The van der Waals surface area contributed by atoms with E-state index >= 15 is 0 Å². The van der Waals surface area contributed by atoms with Gasteiger partial charge in [-0.05, 0) is 84.3 Å². The third-order valence-electron chi connectivity index (χ3n) is 7.42. The Morgan fingerprint density at radius 3 is 2.46 bits per heavy atom. The van der Waals surface area contributed by atoms with Gasteiger partial charge in [0.2, 0.25) is 0 Å². The van der Waals surface area contributed by atoms with Crippen molar-refractivity contribution in [3.8, 4) is 0 Å². The lowest BCUT2D eigenvalue weighted by Gasteiger charge is -2.40. The van der Waals surface area contributed by atoms with Gasteiger partial charge < -0.3 is 19.5 Å². The number of nitrogens with one attached hydrogen (secondary N) is 1. The lowest BCUT2D eigenvalue weighted by atomic mass is 9.89. The van der Waals surface area contributed by atoms with Gasteiger partial charge >= 0.3 is 0 Å². The van der Waals surface area contributed by atoms with Crippen LogP contribution in [0.1, 0.15) is 59.8 Å². The number of hydrogen-bond acceptors (Lipinski definition) is 4. The van der Waals surface area contributed by atoms with Gasteiger partial charge in [-0.15, -0.1) is 0 Å². The van der Waals surface area contributed by atoms with Crippen LogP contribution in [0, 0.1) is 13.8 Å². The van der Waals surface area contributed by atoms with Crippen molar-refractivity contribution in [2.24, 2.45) is 0 Å². The van der Waals surface area contributed by atoms with Gasteiger partial charge in [-0.1, -0.05) is 23.2 Å². The van der Waals surface area contributed by atoms with E-state index in [0.29, 0.717) is 27.7 Å². The second-order valence-corrected chi connectivity index (χ2v) is 10.6. The molecule has 0 bridgehead atoms. The summed E-state index contributed by atoms with van der Waals surface area (Å²) in [5.74, 6) is -0.167. The standard InChI is InChI=1S/C27H35Cl2N5O/c1-6-33(21-9-7-20(8-10-21)32(4)5)25-15-19(28)14-22(18(25)3)27(35)31-16-23-24(29)13-17(2)34-12-11-30-26(23)34/h11-15,20-21H,6-10,16H2,1-5H3,(H,31,35)/t20-,21-. The van der Waals surface area contributed by atoms with Gasteiger partial charge in [0.15, 0.2) is 0 Å². The number of aromatic nitrogens is 2. The smallest absolute Gasteiger partial charge is 0.251 e. The second kappa shape index (κ2) is 10.8. The van der Waals surface area contributed by atoms with Crippen molar-refractivity contribution in [1.29, 1.82) is 0 Å². The Morgan fingerprint density at radius 2 is 1.80 bits per heavy atom. The third-order valence-corrected chi connectivity index (χ3v) is 7.97. The minimum absolute atomic E-state index is 0.167. The zero-order valence-corrected chi connectivity index (χ0v) is 22.7. The Hall–Kier alpha value is -2.28. The van der Waals surface area contributed by atoms with Crippen molar-refractivity contribution >= 4 is 40.4 Å². The van der Waals surface area contributed by atoms with Crippen LogP contribution in [0.25, 0.3) is 5.65 Å². The highest BCUT2D eigenvalue weighted by Gasteiger charge is 2.28. The molecule has 35 heavy (non-hydrogen) atoms. The summed E-state index contributed by atoms with van der Waals surface area (Å²) in [4.78, 5) is 22.5. The molecule has 0 spiro atoms. The molecule has 0 unspecified atom stereocenters. The zero-order chi connectivity index (χ0) is 25.3. The van der Waals surface area contributed by atoms with E-state index in [-0.39, 0.29) is 12.5 Å². The van der Waals surface area contributed by atoms with Crippen LogP contribution in [-0.2, 0) is 6.54 Å². The van der Waals surface area contributed by atoms with Crippen LogP contribution in [0.4, 0.5) is 5.69 Å². The fraction of sp³-hybridized carbons (Fsp3) is 0.481. The fourth-order valence-electron chi connectivity index (χ4n) is 5.40. The number of hydrogen-bond donors (Lipinski definition) is 1. The summed E-state index contributed by atoms with van der Waals surface area (Å²) < 4.78 is 1.97. The number of benzene rings is 1. The molecule has 0 saturated heterocycles. The first kappa shape index (κ1) is 25.8. The number of anilines is 1. The van der Waals surface area contributed by atoms with Crippen molar-refractivity contribution < 1.29 is 4.79 Å². The van der Waals surface area contributed by atoms with E-state index in [1.54, 1.807) is 12.3 Å². The van der Waals surface area contributed by atoms with Crippen LogP contribution in [-0.4, -0.2) is 52.9 Å². The number of halogens is 2. The Labute approximate surface area is 218 Å². The third kappa shape index (κ3) is 5.30. The van der Waals surface area contributed by atoms with Gasteiger partial charge in [0.25, 0.3) is 5.91 Å². The van der Waals surface area contributed by atoms with Crippen molar-refractivity contribution in [2.45, 2.75) is 65.1 Å². The molecule has 0 radical (unpaired) electrons. The molecule has 1 aromatic carbocycles. The molecular weight excluding hydrogens is 481 g/mol. The largest absolute Gasteiger partial charge is 0.369 e. The van der Waals surface area contributed by atoms with E-state index in [9.17, 15) is 4.79 Å². The number of carbonyl (C=O) groups is 1. The van der Waals surface area contributed by atoms with Gasteiger partial charge in [0.1, 0.15) is 5.65 Å². The lowest BCUT2D eigenvalue weighted by molar-refractivity contribution is 0.0950. The summed E-state index contributed by atoms with van der Waals surface area (Å²) in [7, 11) is 4.33. The van der Waals surface area contributed by atoms with Crippen LogP contribution >= 0.6 is 23.2 Å². The molecular formula is C27H35Cl2N5O. The van der Waals surface area contributed by atoms with Crippen LogP contribution < -0.4 is 10.2 Å². The Kier molecular flexibility index (Phi) is 7.94. The second-order valence-electron chi connectivity index (χ2n) is 9.73. The fourth-order valence-corrected chi connectivity index (χ4v) is 5.92. The number of carbonyl (C=O) groups excluding carboxylic acids is 1. The van der Waals surface area contributed by atoms with Crippen LogP contribution in [0.5, 0.6) is 0 Å². The number of imidazole rings is 1. The Morgan fingerprint density at radius 1 is 1.11 bits per heavy atom. The molecule has 2 aromatic heterocycles. The van der Waals surface area contributed by atoms with E-state index < -0.39 is 0 Å². The van der Waals surface area contributed by atoms with Crippen molar-refractivity contribution in [2.75, 3.05) is 25.5 Å². The predicted molar refractivity (Wildman–Crippen MR) is 145 cm³/mol. The SMILES string of the molecule is CCN(c1cc(Cl)cc(C(=O)NCc2c(Cl)cc(C)n3ccnc23)c1C)[C@H]1CC[C@H](N(C)C)CC1. The molecule has 0 aliphatic heterocycles. The average Bonchev–Trinajstić information content (AvgIpc) is 3.32. The molecule has 8 heteroatoms. The molecule has 4 rings (SSSR count). The average molecular weight is 517 g/mol. The summed E-state index contributed by atoms with van der Waals surface area (Å²) in [6.45, 7) is 7.32. The molecule has 1 amide bonds. The summed E-state index contributed by atoms with van der Waals surface area (Å²) >= 11 is 13.1. The maximum atomic E-state index is 13.3. The maximum Gasteiger partial charge on any atom is 0.251 e. The number of nitrogens with zero attached hydrogens (tertiary/aromatic N) is 4. The number of pyridine rings is 1. The molecule has 1 fully saturated rings. The van der Waals surface area contributed by atoms with Gasteiger partial charge in [-0.2, -0.15) is 0 Å². The number of fused-ring (bicyclic) bond motifs is 1. The van der Waals surface area contributed by atoms with E-state index in [2.05, 4.69) is 41.1 Å². The van der Waals surface area contributed by atoms with E-state index in [1.807, 2.05) is 36.6 Å². The first-order valence-electron chi connectivity index (χ1n) is 12.3. The van der Waals surface area contributed by atoms with Crippen molar-refractivity contribution in [3.05, 3.63) is 63.0 Å². The van der Waals surface area contributed by atoms with Crippen LogP contribution in [0.15, 0.2) is 30.6 Å². The first-order valence-corrected chi connectivity index (χ1v) is 13.1. The highest BCUT2D eigenvalue weighted by molar-refractivity contribution is 6.32. The summed E-state index contributed by atoms with van der Waals surface area (Å²) in [5.41, 5.74) is 5.13. The van der Waals surface area contributed by atoms with Gasteiger partial charge in [0, 0.05) is 65.1 Å². The summed E-state index contributed by atoms with van der Waals surface area (Å²) in [6.07, 6.45) is 8.27. The van der Waals surface area contributed by atoms with Crippen molar-refractivity contribution in [1.82, 2.24) is 19.6 Å². The normalized spacial score (nSPS) is 18.3. The first-order chi connectivity index (χ1) is 16.7. The molecule has 1 aliphatic rings. The summed E-state index contributed by atoms with van der Waals surface area (Å²) in [6, 6.07) is 6.74. The number of aryl methyl sites for hydroxylation is 1. The molecule has 1 saturated carbocycles.